The third-order valence-electron chi connectivity index (χ3n) is 2.28. The molecule has 1 amide bonds. The van der Waals surface area contributed by atoms with E-state index < -0.39 is 5.60 Å². The van der Waals surface area contributed by atoms with Crippen molar-refractivity contribution in [2.24, 2.45) is 0 Å². The van der Waals surface area contributed by atoms with E-state index in [2.05, 4.69) is 21.2 Å². The Kier molecular flexibility index (Phi) is 5.98. The molecule has 1 atom stereocenters. The van der Waals surface area contributed by atoms with Crippen LogP contribution in [0.3, 0.4) is 0 Å². The van der Waals surface area contributed by atoms with Crippen molar-refractivity contribution in [3.05, 3.63) is 33.3 Å². The molecule has 0 bridgehead atoms. The second-order valence-corrected chi connectivity index (χ2v) is 6.31. The van der Waals surface area contributed by atoms with Crippen LogP contribution in [0.2, 0.25) is 5.02 Å². The number of hydrogen-bond donors (Lipinski definition) is 2. The molecule has 1 unspecified atom stereocenters. The van der Waals surface area contributed by atoms with Gasteiger partial charge in [0, 0.05) is 16.8 Å². The maximum Gasteiger partial charge on any atom is 0.252 e. The van der Waals surface area contributed by atoms with Crippen LogP contribution in [0.5, 0.6) is 0 Å². The van der Waals surface area contributed by atoms with Crippen LogP contribution >= 0.6 is 39.3 Å². The molecule has 100 valence electrons. The van der Waals surface area contributed by atoms with Crippen LogP contribution in [0, 0.1) is 0 Å². The van der Waals surface area contributed by atoms with Gasteiger partial charge < -0.3 is 10.4 Å². The van der Waals surface area contributed by atoms with Gasteiger partial charge in [0.2, 0.25) is 0 Å². The van der Waals surface area contributed by atoms with Crippen LogP contribution in [0.25, 0.3) is 0 Å². The van der Waals surface area contributed by atoms with Crippen LogP contribution < -0.4 is 5.32 Å². The lowest BCUT2D eigenvalue weighted by Crippen LogP contribution is -2.42. The zero-order valence-corrected chi connectivity index (χ0v) is 13.3. The Morgan fingerprint density at radius 3 is 2.89 bits per heavy atom. The topological polar surface area (TPSA) is 49.3 Å². The first kappa shape index (κ1) is 15.8. The second kappa shape index (κ2) is 6.80. The standard InChI is InChI=1S/C12H15BrClNO2S/c1-12(17,7-18-2)6-15-11(16)8-4-3-5-9(13)10(8)14/h3-5,17H,6-7H2,1-2H3,(H,15,16). The summed E-state index contributed by atoms with van der Waals surface area (Å²) in [4.78, 5) is 11.9. The number of carbonyl (C=O) groups is 1. The number of aliphatic hydroxyl groups is 1. The number of nitrogens with one attached hydrogen (secondary N) is 1. The van der Waals surface area contributed by atoms with Gasteiger partial charge in [-0.3, -0.25) is 4.79 Å². The zero-order chi connectivity index (χ0) is 13.8. The molecule has 0 spiro atoms. The minimum absolute atomic E-state index is 0.190. The normalized spacial score (nSPS) is 14.1. The number of halogens is 2. The average molecular weight is 353 g/mol. The van der Waals surface area contributed by atoms with Crippen molar-refractivity contribution in [1.82, 2.24) is 5.32 Å². The number of amides is 1. The molecule has 0 heterocycles. The molecular formula is C12H15BrClNO2S. The van der Waals surface area contributed by atoms with Gasteiger partial charge in [-0.05, 0) is 41.2 Å². The van der Waals surface area contributed by atoms with Crippen molar-refractivity contribution in [3.8, 4) is 0 Å². The van der Waals surface area contributed by atoms with Gasteiger partial charge in [0.05, 0.1) is 16.2 Å². The van der Waals surface area contributed by atoms with Gasteiger partial charge in [-0.15, -0.1) is 0 Å². The molecule has 0 aliphatic rings. The predicted octanol–water partition coefficient (Wildman–Crippen LogP) is 2.95. The van der Waals surface area contributed by atoms with E-state index in [-0.39, 0.29) is 12.5 Å². The van der Waals surface area contributed by atoms with Crippen molar-refractivity contribution in [1.29, 1.82) is 0 Å². The van der Waals surface area contributed by atoms with E-state index >= 15 is 0 Å². The molecule has 0 saturated heterocycles. The Bertz CT molecular complexity index is 440. The molecule has 0 saturated carbocycles. The highest BCUT2D eigenvalue weighted by atomic mass is 79.9. The summed E-state index contributed by atoms with van der Waals surface area (Å²) < 4.78 is 0.674. The number of rotatable bonds is 5. The molecule has 0 aliphatic carbocycles. The van der Waals surface area contributed by atoms with Crippen LogP contribution in [0.1, 0.15) is 17.3 Å². The summed E-state index contributed by atoms with van der Waals surface area (Å²) in [6.07, 6.45) is 1.90. The molecule has 0 radical (unpaired) electrons. The van der Waals surface area contributed by atoms with Crippen molar-refractivity contribution in [2.45, 2.75) is 12.5 Å². The van der Waals surface area contributed by atoms with E-state index in [0.717, 1.165) is 0 Å². The second-order valence-electron chi connectivity index (χ2n) is 4.21. The first-order valence-electron chi connectivity index (χ1n) is 5.31. The first-order valence-corrected chi connectivity index (χ1v) is 7.87. The first-order chi connectivity index (χ1) is 8.37. The lowest BCUT2D eigenvalue weighted by atomic mass is 10.1. The van der Waals surface area contributed by atoms with Crippen LogP contribution in [-0.4, -0.2) is 35.2 Å². The van der Waals surface area contributed by atoms with E-state index in [1.807, 2.05) is 6.26 Å². The Morgan fingerprint density at radius 1 is 1.61 bits per heavy atom. The van der Waals surface area contributed by atoms with Gasteiger partial charge in [-0.2, -0.15) is 11.8 Å². The SMILES string of the molecule is CSCC(C)(O)CNC(=O)c1cccc(Br)c1Cl. The number of benzene rings is 1. The van der Waals surface area contributed by atoms with Crippen molar-refractivity contribution in [2.75, 3.05) is 18.6 Å². The van der Waals surface area contributed by atoms with Gasteiger partial charge in [0.1, 0.15) is 0 Å². The zero-order valence-electron chi connectivity index (χ0n) is 10.2. The summed E-state index contributed by atoms with van der Waals surface area (Å²) in [5, 5.41) is 13.0. The maximum atomic E-state index is 11.9. The molecule has 1 aromatic rings. The van der Waals surface area contributed by atoms with Gasteiger partial charge in [0.25, 0.3) is 5.91 Å². The van der Waals surface area contributed by atoms with Gasteiger partial charge in [-0.25, -0.2) is 0 Å². The van der Waals surface area contributed by atoms with Gasteiger partial charge in [-0.1, -0.05) is 17.7 Å². The van der Waals surface area contributed by atoms with Crippen molar-refractivity contribution in [3.63, 3.8) is 0 Å². The fraction of sp³-hybridized carbons (Fsp3) is 0.417. The predicted molar refractivity (Wildman–Crippen MR) is 80.5 cm³/mol. The summed E-state index contributed by atoms with van der Waals surface area (Å²) >= 11 is 10.8. The van der Waals surface area contributed by atoms with Crippen molar-refractivity contribution < 1.29 is 9.90 Å². The van der Waals surface area contributed by atoms with E-state index in [9.17, 15) is 9.90 Å². The molecule has 0 aliphatic heterocycles. The van der Waals surface area contributed by atoms with Crippen LogP contribution in [0.15, 0.2) is 22.7 Å². The van der Waals surface area contributed by atoms with Crippen LogP contribution in [0.4, 0.5) is 0 Å². The number of carbonyl (C=O) groups excluding carboxylic acids is 1. The van der Waals surface area contributed by atoms with E-state index in [4.69, 9.17) is 11.6 Å². The third-order valence-corrected chi connectivity index (χ3v) is 4.49. The van der Waals surface area contributed by atoms with E-state index in [0.29, 0.717) is 20.8 Å². The monoisotopic (exact) mass is 351 g/mol. The Balaban J connectivity index is 2.69. The highest BCUT2D eigenvalue weighted by Crippen LogP contribution is 2.25. The molecule has 1 rings (SSSR count). The average Bonchev–Trinajstić information content (AvgIpc) is 2.30. The Hall–Kier alpha value is -0.230. The third kappa shape index (κ3) is 4.46. The van der Waals surface area contributed by atoms with Gasteiger partial charge >= 0.3 is 0 Å². The highest BCUT2D eigenvalue weighted by molar-refractivity contribution is 9.10. The lowest BCUT2D eigenvalue weighted by Gasteiger charge is -2.22. The molecule has 18 heavy (non-hydrogen) atoms. The van der Waals surface area contributed by atoms with E-state index in [1.165, 1.54) is 11.8 Å². The fourth-order valence-electron chi connectivity index (χ4n) is 1.41. The fourth-order valence-corrected chi connectivity index (χ4v) is 2.71. The summed E-state index contributed by atoms with van der Waals surface area (Å²) in [6.45, 7) is 1.88. The Labute approximate surface area is 124 Å². The summed E-state index contributed by atoms with van der Waals surface area (Å²) in [5.74, 6) is 0.266. The Morgan fingerprint density at radius 2 is 2.28 bits per heavy atom. The van der Waals surface area contributed by atoms with Crippen LogP contribution in [-0.2, 0) is 0 Å². The quantitative estimate of drug-likeness (QED) is 0.856. The lowest BCUT2D eigenvalue weighted by molar-refractivity contribution is 0.0725. The maximum absolute atomic E-state index is 11.9. The van der Waals surface area contributed by atoms with E-state index in [1.54, 1.807) is 25.1 Å². The van der Waals surface area contributed by atoms with Crippen molar-refractivity contribution >= 4 is 45.2 Å². The number of hydrogen-bond acceptors (Lipinski definition) is 3. The molecule has 0 fully saturated rings. The molecule has 1 aromatic carbocycles. The highest BCUT2D eigenvalue weighted by Gasteiger charge is 2.21. The molecule has 3 nitrogen and oxygen atoms in total. The largest absolute Gasteiger partial charge is 0.387 e. The summed E-state index contributed by atoms with van der Waals surface area (Å²) in [7, 11) is 0. The molecule has 6 heteroatoms. The summed E-state index contributed by atoms with van der Waals surface area (Å²) in [6, 6.07) is 5.15. The molecule has 0 aromatic heterocycles. The number of thioether (sulfide) groups is 1. The summed E-state index contributed by atoms with van der Waals surface area (Å²) in [5.41, 5.74) is -0.529. The smallest absolute Gasteiger partial charge is 0.252 e. The van der Waals surface area contributed by atoms with Gasteiger partial charge in [0.15, 0.2) is 0 Å². The molecule has 2 N–H and O–H groups in total. The minimum Gasteiger partial charge on any atom is -0.387 e. The molecular weight excluding hydrogens is 338 g/mol. The minimum atomic E-state index is -0.923.